The number of rotatable bonds is 5. The second kappa shape index (κ2) is 5.47. The van der Waals surface area contributed by atoms with Crippen LogP contribution in [0.1, 0.15) is 38.9 Å². The van der Waals surface area contributed by atoms with Gasteiger partial charge in [-0.05, 0) is 32.4 Å². The molecule has 1 aromatic heterocycles. The second-order valence-electron chi connectivity index (χ2n) is 4.99. The van der Waals surface area contributed by atoms with Gasteiger partial charge in [0.25, 0.3) is 0 Å². The summed E-state index contributed by atoms with van der Waals surface area (Å²) in [6, 6.07) is 3.95. The molecule has 1 rings (SSSR count). The topological polar surface area (TPSA) is 62.4 Å². The number of anilines is 1. The molecule has 3 N–H and O–H groups in total. The van der Waals surface area contributed by atoms with Gasteiger partial charge >= 0.3 is 0 Å². The number of hydrogen-bond acceptors (Lipinski definition) is 4. The molecule has 1 atom stereocenters. The summed E-state index contributed by atoms with van der Waals surface area (Å²) in [7, 11) is 1.95. The van der Waals surface area contributed by atoms with E-state index in [1.807, 2.05) is 51.0 Å². The average Bonchev–Trinajstić information content (AvgIpc) is 2.37. The summed E-state index contributed by atoms with van der Waals surface area (Å²) in [5.74, 6) is 0. The Hall–Kier alpha value is -1.13. The van der Waals surface area contributed by atoms with Crippen molar-refractivity contribution in [2.45, 2.75) is 38.8 Å². The lowest BCUT2D eigenvalue weighted by Gasteiger charge is -2.35. The molecule has 96 valence electrons. The Labute approximate surface area is 103 Å². The third kappa shape index (κ3) is 3.17. The number of nitrogens with zero attached hydrogens (tertiary/aromatic N) is 2. The maximum absolute atomic E-state index is 9.32. The first kappa shape index (κ1) is 13.9. The summed E-state index contributed by atoms with van der Waals surface area (Å²) in [4.78, 5) is 6.39. The monoisotopic (exact) mass is 237 g/mol. The van der Waals surface area contributed by atoms with Gasteiger partial charge in [0.15, 0.2) is 0 Å². The molecule has 0 aliphatic rings. The zero-order valence-electron chi connectivity index (χ0n) is 11.1. The Morgan fingerprint density at radius 3 is 2.53 bits per heavy atom. The van der Waals surface area contributed by atoms with Gasteiger partial charge in [-0.15, -0.1) is 0 Å². The number of aromatic nitrogens is 1. The third-order valence-corrected chi connectivity index (χ3v) is 3.27. The molecule has 0 aliphatic heterocycles. The molecule has 0 saturated carbocycles. The summed E-state index contributed by atoms with van der Waals surface area (Å²) < 4.78 is 0. The van der Waals surface area contributed by atoms with Crippen LogP contribution in [-0.4, -0.2) is 29.3 Å². The Balaban J connectivity index is 2.88. The SMILES string of the molecule is CC[C@H](N)c1ccc(N(C)C(C)(C)CO)cn1. The van der Waals surface area contributed by atoms with Crippen LogP contribution >= 0.6 is 0 Å². The molecule has 0 unspecified atom stereocenters. The van der Waals surface area contributed by atoms with Gasteiger partial charge in [-0.2, -0.15) is 0 Å². The van der Waals surface area contributed by atoms with Crippen LogP contribution in [0.5, 0.6) is 0 Å². The molecule has 17 heavy (non-hydrogen) atoms. The van der Waals surface area contributed by atoms with E-state index in [-0.39, 0.29) is 18.2 Å². The Kier molecular flexibility index (Phi) is 4.48. The Morgan fingerprint density at radius 2 is 2.12 bits per heavy atom. The molecule has 4 nitrogen and oxygen atoms in total. The van der Waals surface area contributed by atoms with Gasteiger partial charge in [-0.1, -0.05) is 6.92 Å². The van der Waals surface area contributed by atoms with E-state index >= 15 is 0 Å². The highest BCUT2D eigenvalue weighted by atomic mass is 16.3. The van der Waals surface area contributed by atoms with Crippen LogP contribution in [0.25, 0.3) is 0 Å². The molecule has 0 spiro atoms. The summed E-state index contributed by atoms with van der Waals surface area (Å²) in [5, 5.41) is 9.32. The van der Waals surface area contributed by atoms with Gasteiger partial charge < -0.3 is 15.7 Å². The van der Waals surface area contributed by atoms with Gasteiger partial charge in [-0.3, -0.25) is 4.98 Å². The third-order valence-electron chi connectivity index (χ3n) is 3.27. The van der Waals surface area contributed by atoms with Gasteiger partial charge in [0.2, 0.25) is 0 Å². The van der Waals surface area contributed by atoms with Crippen LogP contribution < -0.4 is 10.6 Å². The zero-order chi connectivity index (χ0) is 13.1. The lowest BCUT2D eigenvalue weighted by atomic mass is 10.0. The Morgan fingerprint density at radius 1 is 1.47 bits per heavy atom. The first-order chi connectivity index (χ1) is 7.92. The van der Waals surface area contributed by atoms with Crippen LogP contribution in [0.4, 0.5) is 5.69 Å². The molecule has 0 saturated heterocycles. The predicted molar refractivity (Wildman–Crippen MR) is 71.0 cm³/mol. The van der Waals surface area contributed by atoms with Gasteiger partial charge in [0.05, 0.1) is 29.7 Å². The standard InChI is InChI=1S/C13H23N3O/c1-5-11(14)12-7-6-10(8-15-12)16(4)13(2,3)9-17/h6-8,11,17H,5,9,14H2,1-4H3/t11-/m0/s1. The number of aliphatic hydroxyl groups is 1. The van der Waals surface area contributed by atoms with E-state index in [9.17, 15) is 5.11 Å². The molecule has 0 aliphatic carbocycles. The first-order valence-electron chi connectivity index (χ1n) is 5.98. The average molecular weight is 237 g/mol. The van der Waals surface area contributed by atoms with Crippen LogP contribution in [0.2, 0.25) is 0 Å². The van der Waals surface area contributed by atoms with Crippen molar-refractivity contribution >= 4 is 5.69 Å². The van der Waals surface area contributed by atoms with Crippen LogP contribution in [-0.2, 0) is 0 Å². The minimum absolute atomic E-state index is 0.000193. The van der Waals surface area contributed by atoms with E-state index in [2.05, 4.69) is 4.98 Å². The number of nitrogens with two attached hydrogens (primary N) is 1. The fraction of sp³-hybridized carbons (Fsp3) is 0.615. The van der Waals surface area contributed by atoms with Gasteiger partial charge in [0, 0.05) is 13.1 Å². The molecule has 1 aromatic rings. The molecule has 0 aromatic carbocycles. The lowest BCUT2D eigenvalue weighted by Crippen LogP contribution is -2.44. The van der Waals surface area contributed by atoms with Crippen molar-refractivity contribution in [2.24, 2.45) is 5.73 Å². The molecule has 0 amide bonds. The van der Waals surface area contributed by atoms with E-state index in [4.69, 9.17) is 5.73 Å². The smallest absolute Gasteiger partial charge is 0.0658 e. The van der Waals surface area contributed by atoms with Crippen molar-refractivity contribution in [1.29, 1.82) is 0 Å². The maximum Gasteiger partial charge on any atom is 0.0658 e. The van der Waals surface area contributed by atoms with Crippen molar-refractivity contribution in [3.8, 4) is 0 Å². The van der Waals surface area contributed by atoms with E-state index in [1.165, 1.54) is 0 Å². The molecule has 1 heterocycles. The largest absolute Gasteiger partial charge is 0.394 e. The normalized spacial score (nSPS) is 13.5. The first-order valence-corrected chi connectivity index (χ1v) is 5.98. The van der Waals surface area contributed by atoms with Crippen molar-refractivity contribution in [3.05, 3.63) is 24.0 Å². The van der Waals surface area contributed by atoms with Crippen LogP contribution in [0.15, 0.2) is 18.3 Å². The number of pyridine rings is 1. The highest BCUT2D eigenvalue weighted by molar-refractivity contribution is 5.46. The molecule has 4 heteroatoms. The molecule has 0 radical (unpaired) electrons. The van der Waals surface area contributed by atoms with Crippen molar-refractivity contribution in [2.75, 3.05) is 18.6 Å². The van der Waals surface area contributed by atoms with Crippen molar-refractivity contribution < 1.29 is 5.11 Å². The molecular weight excluding hydrogens is 214 g/mol. The van der Waals surface area contributed by atoms with E-state index in [0.29, 0.717) is 0 Å². The lowest BCUT2D eigenvalue weighted by molar-refractivity contribution is 0.216. The summed E-state index contributed by atoms with van der Waals surface area (Å²) in [6.45, 7) is 6.11. The van der Waals surface area contributed by atoms with Gasteiger partial charge in [-0.25, -0.2) is 0 Å². The number of aliphatic hydroxyl groups excluding tert-OH is 1. The molecule has 0 bridgehead atoms. The highest BCUT2D eigenvalue weighted by Gasteiger charge is 2.22. The predicted octanol–water partition coefficient (Wildman–Crippen LogP) is 1.70. The number of likely N-dealkylation sites (N-methyl/N-ethyl adjacent to an activating group) is 1. The van der Waals surface area contributed by atoms with Crippen molar-refractivity contribution in [1.82, 2.24) is 4.98 Å². The summed E-state index contributed by atoms with van der Waals surface area (Å²) in [5.41, 5.74) is 7.51. The molecular formula is C13H23N3O. The van der Waals surface area contributed by atoms with E-state index in [1.54, 1.807) is 0 Å². The molecule has 0 fully saturated rings. The fourth-order valence-electron chi connectivity index (χ4n) is 1.48. The fourth-order valence-corrected chi connectivity index (χ4v) is 1.48. The minimum Gasteiger partial charge on any atom is -0.394 e. The van der Waals surface area contributed by atoms with E-state index in [0.717, 1.165) is 17.8 Å². The minimum atomic E-state index is -0.296. The van der Waals surface area contributed by atoms with Crippen LogP contribution in [0, 0.1) is 0 Å². The maximum atomic E-state index is 9.32. The second-order valence-corrected chi connectivity index (χ2v) is 4.99. The summed E-state index contributed by atoms with van der Waals surface area (Å²) >= 11 is 0. The summed E-state index contributed by atoms with van der Waals surface area (Å²) in [6.07, 6.45) is 2.69. The van der Waals surface area contributed by atoms with Crippen LogP contribution in [0.3, 0.4) is 0 Å². The highest BCUT2D eigenvalue weighted by Crippen LogP contribution is 2.22. The number of hydrogen-bond donors (Lipinski definition) is 2. The Bertz CT molecular complexity index is 348. The van der Waals surface area contributed by atoms with E-state index < -0.39 is 0 Å². The van der Waals surface area contributed by atoms with Gasteiger partial charge in [0.1, 0.15) is 0 Å². The zero-order valence-corrected chi connectivity index (χ0v) is 11.1. The quantitative estimate of drug-likeness (QED) is 0.818. The van der Waals surface area contributed by atoms with Crippen molar-refractivity contribution in [3.63, 3.8) is 0 Å².